The average Bonchev–Trinajstić information content (AvgIpc) is 2.73. The van der Waals surface area contributed by atoms with Gasteiger partial charge < -0.3 is 5.32 Å². The number of sulfonamides is 1. The smallest absolute Gasteiger partial charge is 0.267 e. The van der Waals surface area contributed by atoms with E-state index in [4.69, 9.17) is 0 Å². The van der Waals surface area contributed by atoms with Gasteiger partial charge in [-0.2, -0.15) is 0 Å². The fourth-order valence-corrected chi connectivity index (χ4v) is 5.22. The van der Waals surface area contributed by atoms with E-state index in [1.165, 1.54) is 17.5 Å². The van der Waals surface area contributed by atoms with Crippen molar-refractivity contribution in [2.75, 3.05) is 22.4 Å². The van der Waals surface area contributed by atoms with Gasteiger partial charge >= 0.3 is 0 Å². The van der Waals surface area contributed by atoms with Crippen LogP contribution < -0.4 is 9.62 Å². The summed E-state index contributed by atoms with van der Waals surface area (Å²) in [6, 6.07) is 13.0. The monoisotopic (exact) mass is 440 g/mol. The van der Waals surface area contributed by atoms with E-state index in [0.29, 0.717) is 22.1 Å². The van der Waals surface area contributed by atoms with Crippen LogP contribution in [-0.2, 0) is 14.8 Å². The van der Waals surface area contributed by atoms with Crippen LogP contribution in [0.15, 0.2) is 58.7 Å². The summed E-state index contributed by atoms with van der Waals surface area (Å²) in [6.07, 6.45) is 1.31. The highest BCUT2D eigenvalue weighted by Gasteiger charge is 2.34. The third kappa shape index (κ3) is 3.66. The van der Waals surface area contributed by atoms with Crippen LogP contribution >= 0.6 is 11.8 Å². The van der Waals surface area contributed by atoms with E-state index in [0.717, 1.165) is 28.6 Å². The Morgan fingerprint density at radius 2 is 1.93 bits per heavy atom. The van der Waals surface area contributed by atoms with Gasteiger partial charge in [-0.25, -0.2) is 18.4 Å². The van der Waals surface area contributed by atoms with Crippen molar-refractivity contribution in [2.45, 2.75) is 23.9 Å². The first-order chi connectivity index (χ1) is 14.3. The van der Waals surface area contributed by atoms with Crippen LogP contribution in [0.5, 0.6) is 0 Å². The second-order valence-electron chi connectivity index (χ2n) is 7.01. The number of amides is 1. The summed E-state index contributed by atoms with van der Waals surface area (Å²) in [5, 5.41) is 3.23. The van der Waals surface area contributed by atoms with Crippen LogP contribution in [0, 0.1) is 13.8 Å². The molecule has 7 nitrogen and oxygen atoms in total. The molecule has 0 saturated heterocycles. The van der Waals surface area contributed by atoms with Crippen LogP contribution in [0.3, 0.4) is 0 Å². The Balaban J connectivity index is 1.56. The zero-order chi connectivity index (χ0) is 21.5. The Labute approximate surface area is 179 Å². The van der Waals surface area contributed by atoms with Gasteiger partial charge in [0.15, 0.2) is 5.16 Å². The molecular weight excluding hydrogens is 420 g/mol. The number of carbonyl (C=O) groups excluding carboxylic acids is 1. The number of thioether (sulfide) groups is 1. The Morgan fingerprint density at radius 1 is 1.17 bits per heavy atom. The molecule has 1 aliphatic heterocycles. The van der Waals surface area contributed by atoms with Crippen LogP contribution in [0.25, 0.3) is 11.3 Å². The topological polar surface area (TPSA) is 92.3 Å². The maximum absolute atomic E-state index is 12.8. The minimum Gasteiger partial charge on any atom is -0.325 e. The summed E-state index contributed by atoms with van der Waals surface area (Å²) in [6.45, 7) is 3.94. The molecule has 1 aromatic heterocycles. The molecule has 0 aliphatic carbocycles. The highest BCUT2D eigenvalue weighted by Crippen LogP contribution is 2.41. The van der Waals surface area contributed by atoms with E-state index in [9.17, 15) is 13.2 Å². The SMILES string of the molecule is Cc1ccc(NC(=O)CSc2ncc3c(n2)-c2ccccc2N(C)S3(=O)=O)c(C)c1. The van der Waals surface area contributed by atoms with Gasteiger partial charge in [0.25, 0.3) is 10.0 Å². The molecule has 1 N–H and O–H groups in total. The summed E-state index contributed by atoms with van der Waals surface area (Å²) in [5.74, 6) is -0.0681. The molecule has 4 rings (SSSR count). The molecule has 9 heteroatoms. The predicted molar refractivity (Wildman–Crippen MR) is 118 cm³/mol. The zero-order valence-electron chi connectivity index (χ0n) is 16.7. The number of carbonyl (C=O) groups is 1. The van der Waals surface area contributed by atoms with Crippen molar-refractivity contribution in [1.82, 2.24) is 9.97 Å². The number of hydrogen-bond acceptors (Lipinski definition) is 6. The van der Waals surface area contributed by atoms with Gasteiger partial charge in [-0.3, -0.25) is 9.10 Å². The number of anilines is 2. The second kappa shape index (κ2) is 7.73. The second-order valence-corrected chi connectivity index (χ2v) is 9.89. The van der Waals surface area contributed by atoms with Crippen molar-refractivity contribution in [1.29, 1.82) is 0 Å². The van der Waals surface area contributed by atoms with Gasteiger partial charge in [-0.1, -0.05) is 47.7 Å². The molecule has 0 radical (unpaired) electrons. The predicted octanol–water partition coefficient (Wildman–Crippen LogP) is 3.63. The Hall–Kier alpha value is -2.91. The number of hydrogen-bond donors (Lipinski definition) is 1. The minimum absolute atomic E-state index is 0.0628. The molecule has 1 aliphatic rings. The number of nitrogens with zero attached hydrogens (tertiary/aromatic N) is 3. The molecule has 0 saturated carbocycles. The lowest BCUT2D eigenvalue weighted by Crippen LogP contribution is -2.31. The maximum atomic E-state index is 12.8. The number of aryl methyl sites for hydroxylation is 2. The largest absolute Gasteiger partial charge is 0.325 e. The quantitative estimate of drug-likeness (QED) is 0.492. The van der Waals surface area contributed by atoms with Gasteiger partial charge in [0.2, 0.25) is 5.91 Å². The van der Waals surface area contributed by atoms with Crippen molar-refractivity contribution in [3.8, 4) is 11.3 Å². The van der Waals surface area contributed by atoms with Crippen molar-refractivity contribution in [3.63, 3.8) is 0 Å². The summed E-state index contributed by atoms with van der Waals surface area (Å²) in [5.41, 5.74) is 4.52. The first-order valence-electron chi connectivity index (χ1n) is 9.22. The fraction of sp³-hybridized carbons (Fsp3) is 0.190. The van der Waals surface area contributed by atoms with Crippen LogP contribution in [0.1, 0.15) is 11.1 Å². The fourth-order valence-electron chi connectivity index (χ4n) is 3.30. The summed E-state index contributed by atoms with van der Waals surface area (Å²) < 4.78 is 26.8. The van der Waals surface area contributed by atoms with Gasteiger partial charge in [-0.15, -0.1) is 0 Å². The maximum Gasteiger partial charge on any atom is 0.267 e. The number of fused-ring (bicyclic) bond motifs is 3. The first kappa shape index (κ1) is 20.4. The summed E-state index contributed by atoms with van der Waals surface area (Å²) >= 11 is 1.16. The lowest BCUT2D eigenvalue weighted by atomic mass is 10.1. The lowest BCUT2D eigenvalue weighted by Gasteiger charge is -2.28. The van der Waals surface area contributed by atoms with E-state index >= 15 is 0 Å². The molecule has 154 valence electrons. The molecular formula is C21H20N4O3S2. The normalized spacial score (nSPS) is 14.0. The third-order valence-corrected chi connectivity index (χ3v) is 7.49. The Morgan fingerprint density at radius 3 is 2.70 bits per heavy atom. The number of rotatable bonds is 4. The molecule has 3 aromatic rings. The van der Waals surface area contributed by atoms with Crippen molar-refractivity contribution in [3.05, 3.63) is 59.8 Å². The molecule has 0 fully saturated rings. The highest BCUT2D eigenvalue weighted by molar-refractivity contribution is 7.99. The van der Waals surface area contributed by atoms with E-state index in [-0.39, 0.29) is 16.6 Å². The molecule has 30 heavy (non-hydrogen) atoms. The molecule has 0 unspecified atom stereocenters. The number of nitrogens with one attached hydrogen (secondary N) is 1. The standard InChI is InChI=1S/C21H20N4O3S2/c1-13-8-9-16(14(2)10-13)23-19(26)12-29-21-22-11-18-20(24-21)15-6-4-5-7-17(15)25(3)30(18,27)28/h4-11H,12H2,1-3H3,(H,23,26). The summed E-state index contributed by atoms with van der Waals surface area (Å²) in [7, 11) is -2.20. The van der Waals surface area contributed by atoms with E-state index in [1.807, 2.05) is 44.2 Å². The minimum atomic E-state index is -3.71. The van der Waals surface area contributed by atoms with E-state index in [1.54, 1.807) is 12.1 Å². The molecule has 0 bridgehead atoms. The van der Waals surface area contributed by atoms with Gasteiger partial charge in [0.05, 0.1) is 23.3 Å². The number of para-hydroxylation sites is 1. The number of benzene rings is 2. The highest BCUT2D eigenvalue weighted by atomic mass is 32.2. The van der Waals surface area contributed by atoms with Crippen LogP contribution in [0.2, 0.25) is 0 Å². The average molecular weight is 441 g/mol. The van der Waals surface area contributed by atoms with Crippen LogP contribution in [-0.4, -0.2) is 37.1 Å². The van der Waals surface area contributed by atoms with Crippen molar-refractivity contribution >= 4 is 39.1 Å². The van der Waals surface area contributed by atoms with Crippen molar-refractivity contribution in [2.24, 2.45) is 0 Å². The lowest BCUT2D eigenvalue weighted by molar-refractivity contribution is -0.113. The Bertz CT molecular complexity index is 1260. The molecule has 2 aromatic carbocycles. The van der Waals surface area contributed by atoms with Crippen LogP contribution in [0.4, 0.5) is 11.4 Å². The third-order valence-electron chi connectivity index (χ3n) is 4.86. The summed E-state index contributed by atoms with van der Waals surface area (Å²) in [4.78, 5) is 21.1. The van der Waals surface area contributed by atoms with Crippen molar-refractivity contribution < 1.29 is 13.2 Å². The first-order valence-corrected chi connectivity index (χ1v) is 11.7. The van der Waals surface area contributed by atoms with E-state index < -0.39 is 10.0 Å². The van der Waals surface area contributed by atoms with Gasteiger partial charge in [-0.05, 0) is 31.5 Å². The Kier molecular flexibility index (Phi) is 5.25. The molecule has 0 atom stereocenters. The molecule has 2 heterocycles. The van der Waals surface area contributed by atoms with E-state index in [2.05, 4.69) is 15.3 Å². The number of aromatic nitrogens is 2. The van der Waals surface area contributed by atoms with Gasteiger partial charge in [0, 0.05) is 18.3 Å². The molecule has 0 spiro atoms. The zero-order valence-corrected chi connectivity index (χ0v) is 18.3. The van der Waals surface area contributed by atoms with Gasteiger partial charge in [0.1, 0.15) is 4.90 Å². The molecule has 1 amide bonds.